The van der Waals surface area contributed by atoms with Crippen molar-refractivity contribution in [2.45, 2.75) is 29.1 Å². The van der Waals surface area contributed by atoms with E-state index in [4.69, 9.17) is 4.74 Å². The van der Waals surface area contributed by atoms with E-state index in [2.05, 4.69) is 9.97 Å². The highest BCUT2D eigenvalue weighted by Crippen LogP contribution is 2.48. The zero-order chi connectivity index (χ0) is 31.4. The Morgan fingerprint density at radius 2 is 1.24 bits per heavy atom. The Labute approximate surface area is 260 Å². The second kappa shape index (κ2) is 12.8. The van der Waals surface area contributed by atoms with Gasteiger partial charge < -0.3 is 9.64 Å². The second-order valence-electron chi connectivity index (χ2n) is 10.9. The fraction of sp³-hybridized carbons (Fsp3) is 0.200. The molecular formula is C35H30F3N3O3S. The molecule has 0 bridgehead atoms. The van der Waals surface area contributed by atoms with Crippen molar-refractivity contribution in [2.75, 3.05) is 18.1 Å². The smallest absolute Gasteiger partial charge is 0.225 e. The summed E-state index contributed by atoms with van der Waals surface area (Å²) in [6.07, 6.45) is 3.30. The second-order valence-corrected chi connectivity index (χ2v) is 13.3. The lowest BCUT2D eigenvalue weighted by Gasteiger charge is -2.37. The van der Waals surface area contributed by atoms with Crippen LogP contribution in [0.1, 0.15) is 28.7 Å². The van der Waals surface area contributed by atoms with Crippen molar-refractivity contribution in [3.8, 4) is 0 Å². The summed E-state index contributed by atoms with van der Waals surface area (Å²) in [4.78, 5) is 10.5. The molecule has 0 amide bonds. The third kappa shape index (κ3) is 5.71. The molecule has 0 unspecified atom stereocenters. The van der Waals surface area contributed by atoms with Crippen LogP contribution in [-0.2, 0) is 25.9 Å². The number of hydrogen-bond donors (Lipinski definition) is 0. The van der Waals surface area contributed by atoms with Gasteiger partial charge in [0.25, 0.3) is 0 Å². The summed E-state index contributed by atoms with van der Waals surface area (Å²) in [5.74, 6) is -3.07. The first kappa shape index (κ1) is 30.5. The Kier molecular flexibility index (Phi) is 8.69. The summed E-state index contributed by atoms with van der Waals surface area (Å²) in [5.41, 5.74) is 1.69. The number of benzene rings is 4. The molecule has 1 saturated heterocycles. The molecule has 1 aromatic heterocycles. The van der Waals surface area contributed by atoms with Crippen LogP contribution in [-0.4, -0.2) is 42.8 Å². The summed E-state index contributed by atoms with van der Waals surface area (Å²) in [5, 5.41) is -0.893. The molecule has 10 heteroatoms. The predicted octanol–water partition coefficient (Wildman–Crippen LogP) is 6.46. The molecule has 6 rings (SSSR count). The van der Waals surface area contributed by atoms with Crippen molar-refractivity contribution in [1.82, 2.24) is 9.97 Å². The first-order chi connectivity index (χ1) is 21.8. The van der Waals surface area contributed by atoms with Gasteiger partial charge in [-0.2, -0.15) is 0 Å². The van der Waals surface area contributed by atoms with E-state index in [-0.39, 0.29) is 31.7 Å². The molecule has 0 spiro atoms. The van der Waals surface area contributed by atoms with Crippen molar-refractivity contribution >= 4 is 15.8 Å². The quantitative estimate of drug-likeness (QED) is 0.130. The molecule has 0 N–H and O–H groups in total. The number of rotatable bonds is 10. The van der Waals surface area contributed by atoms with Gasteiger partial charge in [0.1, 0.15) is 10.6 Å². The molecule has 2 heterocycles. The standard InChI is InChI=1S/C35H30F3N3O3S/c36-31-21-33(38)32(37)19-25(31)23-44-24-29-20-30(22-41(29)34-39-17-10-18-40-34)45(42,43)35(26-11-4-1-5-12-26,27-13-6-2-7-14-27)28-15-8-3-9-16-28/h1-19,21,29-30H,20,22-24H2/t29-,30+/m0/s1. The molecular weight excluding hydrogens is 599 g/mol. The molecule has 0 radical (unpaired) electrons. The molecule has 45 heavy (non-hydrogen) atoms. The number of halogens is 3. The van der Waals surface area contributed by atoms with Gasteiger partial charge in [-0.3, -0.25) is 0 Å². The molecule has 0 aliphatic carbocycles. The zero-order valence-corrected chi connectivity index (χ0v) is 25.0. The predicted molar refractivity (Wildman–Crippen MR) is 166 cm³/mol. The lowest BCUT2D eigenvalue weighted by molar-refractivity contribution is 0.106. The van der Waals surface area contributed by atoms with Gasteiger partial charge in [0.15, 0.2) is 21.5 Å². The van der Waals surface area contributed by atoms with E-state index in [0.717, 1.165) is 6.07 Å². The molecule has 1 aliphatic rings. The average Bonchev–Trinajstić information content (AvgIpc) is 3.51. The van der Waals surface area contributed by atoms with E-state index >= 15 is 8.42 Å². The van der Waals surface area contributed by atoms with Crippen LogP contribution in [0.2, 0.25) is 0 Å². The molecule has 4 aromatic carbocycles. The first-order valence-electron chi connectivity index (χ1n) is 14.5. The normalized spacial score (nSPS) is 17.0. The third-order valence-electron chi connectivity index (χ3n) is 8.25. The largest absolute Gasteiger partial charge is 0.375 e. The van der Waals surface area contributed by atoms with E-state index in [0.29, 0.717) is 28.7 Å². The summed E-state index contributed by atoms with van der Waals surface area (Å²) in [6.45, 7) is -0.283. The van der Waals surface area contributed by atoms with Gasteiger partial charge >= 0.3 is 0 Å². The topological polar surface area (TPSA) is 72.4 Å². The zero-order valence-electron chi connectivity index (χ0n) is 24.1. The molecule has 1 fully saturated rings. The van der Waals surface area contributed by atoms with E-state index in [1.807, 2.05) is 91.0 Å². The van der Waals surface area contributed by atoms with Crippen molar-refractivity contribution < 1.29 is 26.3 Å². The highest BCUT2D eigenvalue weighted by atomic mass is 32.2. The molecule has 0 saturated carbocycles. The molecule has 5 aromatic rings. The van der Waals surface area contributed by atoms with E-state index < -0.39 is 43.3 Å². The van der Waals surface area contributed by atoms with Crippen LogP contribution in [0, 0.1) is 17.5 Å². The average molecular weight is 630 g/mol. The van der Waals surface area contributed by atoms with E-state index in [1.54, 1.807) is 23.4 Å². The highest BCUT2D eigenvalue weighted by Gasteiger charge is 2.54. The molecule has 6 nitrogen and oxygen atoms in total. The fourth-order valence-electron chi connectivity index (χ4n) is 6.18. The van der Waals surface area contributed by atoms with E-state index in [9.17, 15) is 13.2 Å². The van der Waals surface area contributed by atoms with Gasteiger partial charge in [-0.25, -0.2) is 31.6 Å². The van der Waals surface area contributed by atoms with Crippen LogP contribution < -0.4 is 4.90 Å². The Morgan fingerprint density at radius 1 is 0.733 bits per heavy atom. The van der Waals surface area contributed by atoms with E-state index in [1.165, 1.54) is 0 Å². The van der Waals surface area contributed by atoms with Gasteiger partial charge in [-0.05, 0) is 35.2 Å². The lowest BCUT2D eigenvalue weighted by atomic mass is 9.84. The number of hydrogen-bond acceptors (Lipinski definition) is 6. The number of nitrogens with zero attached hydrogens (tertiary/aromatic N) is 3. The highest BCUT2D eigenvalue weighted by molar-refractivity contribution is 7.93. The van der Waals surface area contributed by atoms with Gasteiger partial charge in [0.2, 0.25) is 5.95 Å². The summed E-state index contributed by atoms with van der Waals surface area (Å²) >= 11 is 0. The molecule has 1 aliphatic heterocycles. The van der Waals surface area contributed by atoms with Crippen LogP contribution in [0.5, 0.6) is 0 Å². The Bertz CT molecular complexity index is 1750. The third-order valence-corrected chi connectivity index (χ3v) is 11.0. The van der Waals surface area contributed by atoms with Gasteiger partial charge in [0.05, 0.1) is 24.5 Å². The number of sulfone groups is 1. The minimum atomic E-state index is -4.09. The van der Waals surface area contributed by atoms with Crippen molar-refractivity contribution in [3.63, 3.8) is 0 Å². The number of anilines is 1. The first-order valence-corrected chi connectivity index (χ1v) is 16.0. The summed E-state index contributed by atoms with van der Waals surface area (Å²) in [7, 11) is -4.09. The monoisotopic (exact) mass is 629 g/mol. The minimum absolute atomic E-state index is 0.0300. The maximum Gasteiger partial charge on any atom is 0.225 e. The fourth-order valence-corrected chi connectivity index (χ4v) is 8.91. The van der Waals surface area contributed by atoms with Crippen LogP contribution in [0.3, 0.4) is 0 Å². The summed E-state index contributed by atoms with van der Waals surface area (Å²) in [6, 6.07) is 29.9. The number of ether oxygens (including phenoxy) is 1. The Hall–Kier alpha value is -4.54. The Balaban J connectivity index is 1.41. The summed E-state index contributed by atoms with van der Waals surface area (Å²) < 4.78 is 76.5. The van der Waals surface area contributed by atoms with Gasteiger partial charge in [-0.1, -0.05) is 91.0 Å². The van der Waals surface area contributed by atoms with Gasteiger partial charge in [0, 0.05) is 30.6 Å². The van der Waals surface area contributed by atoms with Crippen molar-refractivity contribution in [1.29, 1.82) is 0 Å². The number of aromatic nitrogens is 2. The maximum absolute atomic E-state index is 15.4. The van der Waals surface area contributed by atoms with Crippen LogP contribution in [0.25, 0.3) is 0 Å². The van der Waals surface area contributed by atoms with Crippen LogP contribution >= 0.6 is 0 Å². The van der Waals surface area contributed by atoms with Crippen molar-refractivity contribution in [3.05, 3.63) is 161 Å². The molecule has 2 atom stereocenters. The molecule has 230 valence electrons. The van der Waals surface area contributed by atoms with Crippen molar-refractivity contribution in [2.24, 2.45) is 0 Å². The Morgan fingerprint density at radius 3 is 1.78 bits per heavy atom. The van der Waals surface area contributed by atoms with Gasteiger partial charge in [-0.15, -0.1) is 0 Å². The van der Waals surface area contributed by atoms with Crippen LogP contribution in [0.15, 0.2) is 122 Å². The minimum Gasteiger partial charge on any atom is -0.375 e. The SMILES string of the molecule is O=S(=O)([C@@H]1C[C@@H](COCc2cc(F)c(F)cc2F)N(c2ncccn2)C1)C(c1ccccc1)(c1ccccc1)c1ccccc1. The maximum atomic E-state index is 15.4. The lowest BCUT2D eigenvalue weighted by Crippen LogP contribution is -2.45. The van der Waals surface area contributed by atoms with Crippen LogP contribution in [0.4, 0.5) is 19.1 Å².